The highest BCUT2D eigenvalue weighted by Gasteiger charge is 2.33. The Morgan fingerprint density at radius 3 is 1.93 bits per heavy atom. The van der Waals surface area contributed by atoms with Gasteiger partial charge in [-0.2, -0.15) is 0 Å². The predicted molar refractivity (Wildman–Crippen MR) is 107 cm³/mol. The van der Waals surface area contributed by atoms with Crippen molar-refractivity contribution in [2.75, 3.05) is 0 Å². The lowest BCUT2D eigenvalue weighted by Gasteiger charge is -2.39. The van der Waals surface area contributed by atoms with E-state index in [0.29, 0.717) is 5.92 Å². The van der Waals surface area contributed by atoms with Crippen LogP contribution in [0, 0.1) is 23.7 Å². The third kappa shape index (κ3) is 5.90. The quantitative estimate of drug-likeness (QED) is 0.472. The molecule has 1 nitrogen and oxygen atoms in total. The van der Waals surface area contributed by atoms with E-state index >= 15 is 0 Å². The molecule has 0 heterocycles. The van der Waals surface area contributed by atoms with Gasteiger partial charge in [-0.25, -0.2) is 0 Å². The fourth-order valence-corrected chi connectivity index (χ4v) is 5.74. The number of hydrogen-bond donors (Lipinski definition) is 0. The van der Waals surface area contributed by atoms with Gasteiger partial charge < -0.3 is 4.74 Å². The summed E-state index contributed by atoms with van der Waals surface area (Å²) in [5, 5.41) is 0. The lowest BCUT2D eigenvalue weighted by Crippen LogP contribution is -2.27. The Morgan fingerprint density at radius 1 is 0.893 bits per heavy atom. The van der Waals surface area contributed by atoms with Crippen LogP contribution in [0.1, 0.15) is 89.5 Å². The summed E-state index contributed by atoms with van der Waals surface area (Å²) in [7, 11) is 0. The van der Waals surface area contributed by atoms with Gasteiger partial charge in [0.1, 0.15) is 5.75 Å². The molecule has 1 unspecified atom stereocenters. The van der Waals surface area contributed by atoms with E-state index in [9.17, 15) is 13.2 Å². The normalized spacial score (nSPS) is 30.0. The van der Waals surface area contributed by atoms with Gasteiger partial charge >= 0.3 is 6.36 Å². The van der Waals surface area contributed by atoms with E-state index in [2.05, 4.69) is 18.6 Å². The second kappa shape index (κ2) is 9.54. The second-order valence-corrected chi connectivity index (χ2v) is 9.17. The van der Waals surface area contributed by atoms with E-state index in [1.54, 1.807) is 0 Å². The molecule has 2 aliphatic rings. The molecule has 0 spiro atoms. The zero-order chi connectivity index (χ0) is 20.1. The highest BCUT2D eigenvalue weighted by molar-refractivity contribution is 5.29. The van der Waals surface area contributed by atoms with E-state index in [1.165, 1.54) is 63.5 Å². The molecular formula is C24H35F3O. The zero-order valence-corrected chi connectivity index (χ0v) is 17.3. The van der Waals surface area contributed by atoms with Crippen LogP contribution in [0.3, 0.4) is 0 Å². The number of rotatable bonds is 6. The molecule has 158 valence electrons. The van der Waals surface area contributed by atoms with E-state index in [-0.39, 0.29) is 5.75 Å². The molecule has 0 aromatic heterocycles. The van der Waals surface area contributed by atoms with Gasteiger partial charge in [-0.05, 0) is 98.7 Å². The highest BCUT2D eigenvalue weighted by Crippen LogP contribution is 2.45. The van der Waals surface area contributed by atoms with Gasteiger partial charge in [-0.1, -0.05) is 38.8 Å². The smallest absolute Gasteiger partial charge is 0.406 e. The number of halogens is 3. The molecular weight excluding hydrogens is 361 g/mol. The number of benzene rings is 1. The topological polar surface area (TPSA) is 9.23 Å². The SMILES string of the molecule is CCCC(C)C1CCC(C2CCC(c3ccc(OC(F)(F)F)cc3)CC2)CC1. The predicted octanol–water partition coefficient (Wildman–Crippen LogP) is 8.10. The van der Waals surface area contributed by atoms with Crippen LogP contribution >= 0.6 is 0 Å². The fourth-order valence-electron chi connectivity index (χ4n) is 5.74. The van der Waals surface area contributed by atoms with Gasteiger partial charge in [0, 0.05) is 0 Å². The molecule has 1 aromatic rings. The van der Waals surface area contributed by atoms with Crippen LogP contribution in [0.5, 0.6) is 5.75 Å². The molecule has 1 atom stereocenters. The maximum Gasteiger partial charge on any atom is 0.573 e. The van der Waals surface area contributed by atoms with E-state index < -0.39 is 6.36 Å². The third-order valence-electron chi connectivity index (χ3n) is 7.39. The van der Waals surface area contributed by atoms with Gasteiger partial charge in [-0.3, -0.25) is 0 Å². The molecule has 4 heteroatoms. The summed E-state index contributed by atoms with van der Waals surface area (Å²) in [6, 6.07) is 6.53. The Kier molecular flexibility index (Phi) is 7.33. The summed E-state index contributed by atoms with van der Waals surface area (Å²) < 4.78 is 40.9. The molecule has 28 heavy (non-hydrogen) atoms. The molecule has 0 radical (unpaired) electrons. The summed E-state index contributed by atoms with van der Waals surface area (Å²) in [4.78, 5) is 0. The largest absolute Gasteiger partial charge is 0.573 e. The maximum absolute atomic E-state index is 12.3. The maximum atomic E-state index is 12.3. The molecule has 1 aromatic carbocycles. The monoisotopic (exact) mass is 396 g/mol. The molecule has 2 saturated carbocycles. The number of ether oxygens (including phenoxy) is 1. The van der Waals surface area contributed by atoms with Crippen LogP contribution < -0.4 is 4.74 Å². The first-order valence-corrected chi connectivity index (χ1v) is 11.2. The Bertz CT molecular complexity index is 579. The first-order valence-electron chi connectivity index (χ1n) is 11.2. The highest BCUT2D eigenvalue weighted by atomic mass is 19.4. The van der Waals surface area contributed by atoms with Crippen LogP contribution in [-0.4, -0.2) is 6.36 Å². The van der Waals surface area contributed by atoms with Crippen LogP contribution in [0.2, 0.25) is 0 Å². The van der Waals surface area contributed by atoms with Gasteiger partial charge in [0.25, 0.3) is 0 Å². The summed E-state index contributed by atoms with van der Waals surface area (Å²) in [6.45, 7) is 4.72. The van der Waals surface area contributed by atoms with Gasteiger partial charge in [0.15, 0.2) is 0 Å². The van der Waals surface area contributed by atoms with Crippen molar-refractivity contribution in [2.24, 2.45) is 23.7 Å². The average molecular weight is 397 g/mol. The molecule has 2 aliphatic carbocycles. The lowest BCUT2D eigenvalue weighted by atomic mass is 9.66. The Morgan fingerprint density at radius 2 is 1.43 bits per heavy atom. The minimum absolute atomic E-state index is 0.126. The third-order valence-corrected chi connectivity index (χ3v) is 7.39. The minimum Gasteiger partial charge on any atom is -0.406 e. The summed E-state index contributed by atoms with van der Waals surface area (Å²) in [6.07, 6.45) is 8.53. The van der Waals surface area contributed by atoms with E-state index in [0.717, 1.165) is 42.1 Å². The average Bonchev–Trinajstić information content (AvgIpc) is 2.68. The summed E-state index contributed by atoms with van der Waals surface area (Å²) in [5.74, 6) is 3.92. The first kappa shape index (κ1) is 21.5. The molecule has 0 N–H and O–H groups in total. The Labute approximate surface area is 168 Å². The van der Waals surface area contributed by atoms with Gasteiger partial charge in [-0.15, -0.1) is 13.2 Å². The summed E-state index contributed by atoms with van der Waals surface area (Å²) >= 11 is 0. The molecule has 0 saturated heterocycles. The van der Waals surface area contributed by atoms with Crippen molar-refractivity contribution < 1.29 is 17.9 Å². The molecule has 0 bridgehead atoms. The molecule has 3 rings (SSSR count). The number of hydrogen-bond acceptors (Lipinski definition) is 1. The standard InChI is InChI=1S/C24H35F3O/c1-3-4-17(2)18-5-7-19(8-6-18)20-9-11-21(12-10-20)22-13-15-23(16-14-22)28-24(25,26)27/h13-21H,3-12H2,1-2H3. The molecule has 0 aliphatic heterocycles. The van der Waals surface area contributed by atoms with Crippen molar-refractivity contribution in [3.8, 4) is 5.75 Å². The Balaban J connectivity index is 1.45. The van der Waals surface area contributed by atoms with Crippen molar-refractivity contribution in [3.05, 3.63) is 29.8 Å². The van der Waals surface area contributed by atoms with E-state index in [4.69, 9.17) is 0 Å². The van der Waals surface area contributed by atoms with Crippen LogP contribution in [-0.2, 0) is 0 Å². The van der Waals surface area contributed by atoms with Gasteiger partial charge in [0.05, 0.1) is 0 Å². The van der Waals surface area contributed by atoms with Crippen LogP contribution in [0.25, 0.3) is 0 Å². The molecule has 0 amide bonds. The number of alkyl halides is 3. The minimum atomic E-state index is -4.62. The van der Waals surface area contributed by atoms with Crippen molar-refractivity contribution in [2.45, 2.75) is 90.3 Å². The summed E-state index contributed by atoms with van der Waals surface area (Å²) in [5.41, 5.74) is 1.16. The van der Waals surface area contributed by atoms with Crippen molar-refractivity contribution >= 4 is 0 Å². The van der Waals surface area contributed by atoms with E-state index in [1.807, 2.05) is 12.1 Å². The molecule has 2 fully saturated rings. The fraction of sp³-hybridized carbons (Fsp3) is 0.750. The lowest BCUT2D eigenvalue weighted by molar-refractivity contribution is -0.274. The Hall–Kier alpha value is -1.19. The van der Waals surface area contributed by atoms with Crippen LogP contribution in [0.4, 0.5) is 13.2 Å². The van der Waals surface area contributed by atoms with Gasteiger partial charge in [0.2, 0.25) is 0 Å². The van der Waals surface area contributed by atoms with Crippen LogP contribution in [0.15, 0.2) is 24.3 Å². The van der Waals surface area contributed by atoms with Crippen molar-refractivity contribution in [1.82, 2.24) is 0 Å². The second-order valence-electron chi connectivity index (χ2n) is 9.17. The van der Waals surface area contributed by atoms with Crippen molar-refractivity contribution in [1.29, 1.82) is 0 Å². The van der Waals surface area contributed by atoms with Crippen molar-refractivity contribution in [3.63, 3.8) is 0 Å². The zero-order valence-electron chi connectivity index (χ0n) is 17.3. The first-order chi connectivity index (χ1) is 13.4.